The molecular weight excluding hydrogens is 270 g/mol. The summed E-state index contributed by atoms with van der Waals surface area (Å²) in [5.41, 5.74) is 3.63. The van der Waals surface area contributed by atoms with E-state index in [0.717, 1.165) is 18.4 Å². The molecule has 1 aromatic rings. The van der Waals surface area contributed by atoms with Gasteiger partial charge in [-0.2, -0.15) is 0 Å². The quantitative estimate of drug-likeness (QED) is 0.755. The summed E-state index contributed by atoms with van der Waals surface area (Å²) in [6.07, 6.45) is 5.24. The number of carbonyl (C=O) groups excluding carboxylic acids is 1. The number of rotatable bonds is 5. The van der Waals surface area contributed by atoms with Crippen molar-refractivity contribution in [1.82, 2.24) is 4.90 Å². The molecule has 0 unspecified atom stereocenters. The molecule has 0 N–H and O–H groups in total. The normalized spacial score (nSPS) is 15.6. The van der Waals surface area contributed by atoms with E-state index >= 15 is 0 Å². The molecule has 20 heavy (non-hydrogen) atoms. The smallest absolute Gasteiger partial charge is 0.227 e. The summed E-state index contributed by atoms with van der Waals surface area (Å²) in [6, 6.07) is 6.70. The summed E-state index contributed by atoms with van der Waals surface area (Å²) in [4.78, 5) is 14.6. The maximum atomic E-state index is 12.6. The fourth-order valence-corrected chi connectivity index (χ4v) is 3.19. The summed E-state index contributed by atoms with van der Waals surface area (Å²) in [6.45, 7) is 4.87. The van der Waals surface area contributed by atoms with Crippen molar-refractivity contribution in [3.63, 3.8) is 0 Å². The van der Waals surface area contributed by atoms with E-state index in [4.69, 9.17) is 11.6 Å². The highest BCUT2D eigenvalue weighted by Gasteiger charge is 2.26. The Morgan fingerprint density at radius 1 is 1.25 bits per heavy atom. The highest BCUT2D eigenvalue weighted by molar-refractivity contribution is 6.18. The van der Waals surface area contributed by atoms with Gasteiger partial charge in [0.15, 0.2) is 0 Å². The van der Waals surface area contributed by atoms with Crippen molar-refractivity contribution in [3.05, 3.63) is 34.9 Å². The number of aryl methyl sites for hydroxylation is 2. The molecule has 0 atom stereocenters. The van der Waals surface area contributed by atoms with Crippen molar-refractivity contribution in [2.24, 2.45) is 0 Å². The molecule has 2 rings (SSSR count). The average Bonchev–Trinajstić information content (AvgIpc) is 2.94. The van der Waals surface area contributed by atoms with Crippen molar-refractivity contribution in [2.45, 2.75) is 52.0 Å². The van der Waals surface area contributed by atoms with Gasteiger partial charge < -0.3 is 4.90 Å². The topological polar surface area (TPSA) is 20.3 Å². The first-order chi connectivity index (χ1) is 9.61. The van der Waals surface area contributed by atoms with Gasteiger partial charge in [-0.05, 0) is 43.4 Å². The number of amides is 1. The molecule has 2 nitrogen and oxygen atoms in total. The van der Waals surface area contributed by atoms with Crippen molar-refractivity contribution in [3.8, 4) is 0 Å². The Balaban J connectivity index is 2.05. The van der Waals surface area contributed by atoms with Gasteiger partial charge in [-0.1, -0.05) is 31.0 Å². The SMILES string of the molecule is Cc1ccc(CC(=O)N(CCCl)C2CCCC2)cc1C. The van der Waals surface area contributed by atoms with Gasteiger partial charge in [0.25, 0.3) is 0 Å². The summed E-state index contributed by atoms with van der Waals surface area (Å²) in [5, 5.41) is 0. The summed E-state index contributed by atoms with van der Waals surface area (Å²) in [7, 11) is 0. The van der Waals surface area contributed by atoms with Crippen LogP contribution in [0.2, 0.25) is 0 Å². The first-order valence-corrected chi connectivity index (χ1v) is 8.07. The van der Waals surface area contributed by atoms with Crippen LogP contribution in [0.15, 0.2) is 18.2 Å². The molecule has 0 heterocycles. The first kappa shape index (κ1) is 15.4. The van der Waals surface area contributed by atoms with Crippen LogP contribution in [-0.2, 0) is 11.2 Å². The van der Waals surface area contributed by atoms with Crippen LogP contribution in [-0.4, -0.2) is 29.3 Å². The molecule has 0 aliphatic heterocycles. The fourth-order valence-electron chi connectivity index (χ4n) is 3.01. The maximum absolute atomic E-state index is 12.6. The summed E-state index contributed by atoms with van der Waals surface area (Å²) < 4.78 is 0. The maximum Gasteiger partial charge on any atom is 0.227 e. The first-order valence-electron chi connectivity index (χ1n) is 7.53. The van der Waals surface area contributed by atoms with Crippen LogP contribution in [0.4, 0.5) is 0 Å². The largest absolute Gasteiger partial charge is 0.338 e. The molecule has 1 aliphatic carbocycles. The second-order valence-electron chi connectivity index (χ2n) is 5.81. The lowest BCUT2D eigenvalue weighted by Gasteiger charge is -2.28. The molecule has 0 aromatic heterocycles. The Morgan fingerprint density at radius 2 is 1.95 bits per heavy atom. The average molecular weight is 294 g/mol. The fraction of sp³-hybridized carbons (Fsp3) is 0.588. The van der Waals surface area contributed by atoms with Crippen LogP contribution >= 0.6 is 11.6 Å². The lowest BCUT2D eigenvalue weighted by atomic mass is 10.0. The molecule has 1 fully saturated rings. The molecule has 1 aromatic carbocycles. The van der Waals surface area contributed by atoms with Crippen LogP contribution < -0.4 is 0 Å². The third-order valence-electron chi connectivity index (χ3n) is 4.34. The van der Waals surface area contributed by atoms with Gasteiger partial charge in [-0.25, -0.2) is 0 Å². The van der Waals surface area contributed by atoms with E-state index in [-0.39, 0.29) is 5.91 Å². The third kappa shape index (κ3) is 3.76. The Labute approximate surface area is 127 Å². The van der Waals surface area contributed by atoms with Gasteiger partial charge in [0.05, 0.1) is 6.42 Å². The molecule has 1 amide bonds. The van der Waals surface area contributed by atoms with Gasteiger partial charge in [-0.15, -0.1) is 11.6 Å². The molecule has 3 heteroatoms. The minimum Gasteiger partial charge on any atom is -0.338 e. The predicted octanol–water partition coefficient (Wildman–Crippen LogP) is 3.86. The van der Waals surface area contributed by atoms with E-state index in [2.05, 4.69) is 32.0 Å². The number of alkyl halides is 1. The van der Waals surface area contributed by atoms with Gasteiger partial charge in [-0.3, -0.25) is 4.79 Å². The Hall–Kier alpha value is -1.02. The van der Waals surface area contributed by atoms with Crippen LogP contribution in [0.1, 0.15) is 42.4 Å². The Kier molecular flexibility index (Phi) is 5.47. The van der Waals surface area contributed by atoms with Crippen molar-refractivity contribution in [2.75, 3.05) is 12.4 Å². The Morgan fingerprint density at radius 3 is 2.55 bits per heavy atom. The van der Waals surface area contributed by atoms with Crippen molar-refractivity contribution in [1.29, 1.82) is 0 Å². The molecular formula is C17H24ClNO. The van der Waals surface area contributed by atoms with Crippen LogP contribution in [0, 0.1) is 13.8 Å². The molecule has 0 radical (unpaired) electrons. The van der Waals surface area contributed by atoms with Gasteiger partial charge >= 0.3 is 0 Å². The lowest BCUT2D eigenvalue weighted by molar-refractivity contribution is -0.132. The second-order valence-corrected chi connectivity index (χ2v) is 6.19. The summed E-state index contributed by atoms with van der Waals surface area (Å²) >= 11 is 5.87. The summed E-state index contributed by atoms with van der Waals surface area (Å²) in [5.74, 6) is 0.746. The van der Waals surface area contributed by atoms with Crippen LogP contribution in [0.3, 0.4) is 0 Å². The van der Waals surface area contributed by atoms with Crippen molar-refractivity contribution < 1.29 is 4.79 Å². The molecule has 0 bridgehead atoms. The van der Waals surface area contributed by atoms with E-state index in [1.807, 2.05) is 4.90 Å². The predicted molar refractivity (Wildman–Crippen MR) is 84.3 cm³/mol. The minimum absolute atomic E-state index is 0.223. The molecule has 1 saturated carbocycles. The van der Waals surface area contributed by atoms with Gasteiger partial charge in [0, 0.05) is 18.5 Å². The number of hydrogen-bond acceptors (Lipinski definition) is 1. The minimum atomic E-state index is 0.223. The monoisotopic (exact) mass is 293 g/mol. The number of nitrogens with zero attached hydrogens (tertiary/aromatic N) is 1. The number of hydrogen-bond donors (Lipinski definition) is 0. The number of carbonyl (C=O) groups is 1. The second kappa shape index (κ2) is 7.12. The van der Waals surface area contributed by atoms with Crippen molar-refractivity contribution >= 4 is 17.5 Å². The third-order valence-corrected chi connectivity index (χ3v) is 4.51. The molecule has 110 valence electrons. The zero-order chi connectivity index (χ0) is 14.5. The number of halogens is 1. The van der Waals surface area contributed by atoms with Crippen LogP contribution in [0.25, 0.3) is 0 Å². The van der Waals surface area contributed by atoms with E-state index < -0.39 is 0 Å². The van der Waals surface area contributed by atoms with Gasteiger partial charge in [0.1, 0.15) is 0 Å². The van der Waals surface area contributed by atoms with E-state index in [1.54, 1.807) is 0 Å². The number of benzene rings is 1. The van der Waals surface area contributed by atoms with Crippen LogP contribution in [0.5, 0.6) is 0 Å². The Bertz CT molecular complexity index is 466. The van der Waals surface area contributed by atoms with E-state index in [9.17, 15) is 4.79 Å². The molecule has 1 aliphatic rings. The molecule has 0 spiro atoms. The standard InChI is InChI=1S/C17H24ClNO/c1-13-7-8-15(11-14(13)2)12-17(20)19(10-9-18)16-5-3-4-6-16/h7-8,11,16H,3-6,9-10,12H2,1-2H3. The molecule has 0 saturated heterocycles. The van der Waals surface area contributed by atoms with E-state index in [0.29, 0.717) is 24.9 Å². The highest BCUT2D eigenvalue weighted by atomic mass is 35.5. The van der Waals surface area contributed by atoms with Gasteiger partial charge in [0.2, 0.25) is 5.91 Å². The lowest BCUT2D eigenvalue weighted by Crippen LogP contribution is -2.41. The highest BCUT2D eigenvalue weighted by Crippen LogP contribution is 2.24. The van der Waals surface area contributed by atoms with E-state index in [1.165, 1.54) is 24.0 Å². The zero-order valence-electron chi connectivity index (χ0n) is 12.5. The zero-order valence-corrected chi connectivity index (χ0v) is 13.2.